The van der Waals surface area contributed by atoms with Gasteiger partial charge in [0.2, 0.25) is 11.1 Å². The van der Waals surface area contributed by atoms with Crippen LogP contribution in [-0.4, -0.2) is 15.4 Å². The van der Waals surface area contributed by atoms with Crippen LogP contribution >= 0.6 is 11.5 Å². The van der Waals surface area contributed by atoms with Gasteiger partial charge in [-0.25, -0.2) is 0 Å². The molecule has 1 rings (SSSR count). The topological polar surface area (TPSA) is 63.8 Å². The van der Waals surface area contributed by atoms with Crippen molar-refractivity contribution in [3.05, 3.63) is 0 Å². The first-order valence-corrected chi connectivity index (χ1v) is 6.35. The predicted octanol–water partition coefficient (Wildman–Crippen LogP) is 2.89. The van der Waals surface area contributed by atoms with Crippen molar-refractivity contribution in [2.24, 2.45) is 0 Å². The second-order valence-corrected chi connectivity index (χ2v) is 4.60. The molecule has 0 aliphatic heterocycles. The van der Waals surface area contributed by atoms with Crippen molar-refractivity contribution in [2.75, 3.05) is 11.1 Å². The Morgan fingerprint density at radius 1 is 1.40 bits per heavy atom. The number of nitrogens with zero attached hydrogens (tertiary/aromatic N) is 2. The molecule has 5 heteroatoms. The molecule has 0 aliphatic carbocycles. The van der Waals surface area contributed by atoms with E-state index in [1.165, 1.54) is 43.6 Å². The maximum atomic E-state index is 5.44. The second kappa shape index (κ2) is 6.61. The summed E-state index contributed by atoms with van der Waals surface area (Å²) in [5.41, 5.74) is 5.44. The van der Waals surface area contributed by atoms with Crippen LogP contribution in [-0.2, 0) is 0 Å². The minimum absolute atomic E-state index is 0.362. The minimum atomic E-state index is 0.362. The van der Waals surface area contributed by atoms with Crippen molar-refractivity contribution in [3.8, 4) is 0 Å². The lowest BCUT2D eigenvalue weighted by Gasteiger charge is -2.11. The Hall–Kier alpha value is -0.840. The molecular formula is C10H20N4S. The smallest absolute Gasteiger partial charge is 0.233 e. The van der Waals surface area contributed by atoms with Gasteiger partial charge in [0.25, 0.3) is 0 Å². The molecule has 1 aromatic rings. The van der Waals surface area contributed by atoms with Gasteiger partial charge in [-0.1, -0.05) is 32.6 Å². The molecule has 1 aromatic heterocycles. The van der Waals surface area contributed by atoms with Crippen molar-refractivity contribution in [1.82, 2.24) is 9.36 Å². The van der Waals surface area contributed by atoms with E-state index < -0.39 is 0 Å². The molecule has 1 heterocycles. The quantitative estimate of drug-likeness (QED) is 0.704. The molecular weight excluding hydrogens is 208 g/mol. The average molecular weight is 228 g/mol. The third kappa shape index (κ3) is 4.97. The highest BCUT2D eigenvalue weighted by atomic mass is 32.1. The molecule has 15 heavy (non-hydrogen) atoms. The third-order valence-corrected chi connectivity index (χ3v) is 2.96. The van der Waals surface area contributed by atoms with Gasteiger partial charge in [-0.3, -0.25) is 0 Å². The number of nitrogens with one attached hydrogen (secondary N) is 1. The standard InChI is InChI=1S/C10H20N4S/c1-3-4-5-6-7-8(2)12-10-13-9(11)14-15-10/h8H,3-7H2,1-2H3,(H3,11,12,13,14). The van der Waals surface area contributed by atoms with E-state index in [-0.39, 0.29) is 0 Å². The van der Waals surface area contributed by atoms with E-state index in [0.717, 1.165) is 5.13 Å². The fraction of sp³-hybridized carbons (Fsp3) is 0.800. The minimum Gasteiger partial charge on any atom is -0.367 e. The molecule has 0 saturated carbocycles. The van der Waals surface area contributed by atoms with Gasteiger partial charge in [-0.15, -0.1) is 0 Å². The fourth-order valence-corrected chi connectivity index (χ4v) is 2.06. The summed E-state index contributed by atoms with van der Waals surface area (Å²) >= 11 is 1.32. The summed E-state index contributed by atoms with van der Waals surface area (Å²) < 4.78 is 3.93. The van der Waals surface area contributed by atoms with Crippen LogP contribution in [0.1, 0.15) is 46.0 Å². The molecule has 3 N–H and O–H groups in total. The van der Waals surface area contributed by atoms with Crippen LogP contribution in [0.25, 0.3) is 0 Å². The van der Waals surface area contributed by atoms with Gasteiger partial charge in [0.05, 0.1) is 0 Å². The average Bonchev–Trinajstić information content (AvgIpc) is 2.59. The second-order valence-electron chi connectivity index (χ2n) is 3.85. The van der Waals surface area contributed by atoms with E-state index in [0.29, 0.717) is 12.0 Å². The first-order valence-electron chi connectivity index (χ1n) is 5.58. The number of anilines is 2. The first-order chi connectivity index (χ1) is 7.22. The first kappa shape index (κ1) is 12.2. The van der Waals surface area contributed by atoms with Gasteiger partial charge in [0, 0.05) is 17.6 Å². The zero-order valence-corrected chi connectivity index (χ0v) is 10.3. The van der Waals surface area contributed by atoms with Crippen LogP contribution in [0, 0.1) is 0 Å². The van der Waals surface area contributed by atoms with Crippen LogP contribution in [0.5, 0.6) is 0 Å². The Bertz CT molecular complexity index is 274. The van der Waals surface area contributed by atoms with Crippen LogP contribution in [0.4, 0.5) is 11.1 Å². The summed E-state index contributed by atoms with van der Waals surface area (Å²) in [4.78, 5) is 4.07. The summed E-state index contributed by atoms with van der Waals surface area (Å²) in [6.07, 6.45) is 6.39. The summed E-state index contributed by atoms with van der Waals surface area (Å²) in [6, 6.07) is 0.453. The Balaban J connectivity index is 2.15. The molecule has 0 aliphatic rings. The van der Waals surface area contributed by atoms with Crippen molar-refractivity contribution < 1.29 is 0 Å². The summed E-state index contributed by atoms with van der Waals surface area (Å²) in [6.45, 7) is 4.40. The highest BCUT2D eigenvalue weighted by molar-refractivity contribution is 7.09. The van der Waals surface area contributed by atoms with E-state index in [4.69, 9.17) is 5.73 Å². The van der Waals surface area contributed by atoms with Crippen molar-refractivity contribution in [3.63, 3.8) is 0 Å². The molecule has 4 nitrogen and oxygen atoms in total. The third-order valence-electron chi connectivity index (χ3n) is 2.30. The highest BCUT2D eigenvalue weighted by Gasteiger charge is 2.05. The largest absolute Gasteiger partial charge is 0.367 e. The SMILES string of the molecule is CCCCCCC(C)Nc1nc(N)ns1. The summed E-state index contributed by atoms with van der Waals surface area (Å²) in [7, 11) is 0. The Morgan fingerprint density at radius 2 is 2.20 bits per heavy atom. The highest BCUT2D eigenvalue weighted by Crippen LogP contribution is 2.15. The van der Waals surface area contributed by atoms with E-state index in [1.54, 1.807) is 0 Å². The molecule has 0 amide bonds. The van der Waals surface area contributed by atoms with Gasteiger partial charge >= 0.3 is 0 Å². The number of nitrogen functional groups attached to an aromatic ring is 1. The molecule has 1 unspecified atom stereocenters. The number of rotatable bonds is 7. The molecule has 0 aromatic carbocycles. The van der Waals surface area contributed by atoms with Crippen LogP contribution < -0.4 is 11.1 Å². The van der Waals surface area contributed by atoms with E-state index in [9.17, 15) is 0 Å². The van der Waals surface area contributed by atoms with Crippen LogP contribution in [0.2, 0.25) is 0 Å². The number of hydrogen-bond donors (Lipinski definition) is 2. The zero-order valence-electron chi connectivity index (χ0n) is 9.49. The van der Waals surface area contributed by atoms with Gasteiger partial charge in [0.1, 0.15) is 0 Å². The number of aromatic nitrogens is 2. The lowest BCUT2D eigenvalue weighted by atomic mass is 10.1. The normalized spacial score (nSPS) is 12.7. The number of nitrogens with two attached hydrogens (primary N) is 1. The zero-order chi connectivity index (χ0) is 11.1. The van der Waals surface area contributed by atoms with E-state index in [2.05, 4.69) is 28.5 Å². The molecule has 0 spiro atoms. The Kier molecular flexibility index (Phi) is 5.39. The van der Waals surface area contributed by atoms with Crippen molar-refractivity contribution in [2.45, 2.75) is 52.0 Å². The fourth-order valence-electron chi connectivity index (χ4n) is 1.45. The van der Waals surface area contributed by atoms with E-state index in [1.807, 2.05) is 0 Å². The molecule has 0 radical (unpaired) electrons. The molecule has 1 atom stereocenters. The molecule has 86 valence electrons. The maximum Gasteiger partial charge on any atom is 0.233 e. The lowest BCUT2D eigenvalue weighted by molar-refractivity contribution is 0.594. The maximum absolute atomic E-state index is 5.44. The van der Waals surface area contributed by atoms with Gasteiger partial charge in [-0.05, 0) is 13.3 Å². The van der Waals surface area contributed by atoms with Gasteiger partial charge in [0.15, 0.2) is 0 Å². The Morgan fingerprint density at radius 3 is 2.80 bits per heavy atom. The Labute approximate surface area is 95.5 Å². The lowest BCUT2D eigenvalue weighted by Crippen LogP contribution is -2.14. The van der Waals surface area contributed by atoms with E-state index >= 15 is 0 Å². The van der Waals surface area contributed by atoms with Crippen LogP contribution in [0.15, 0.2) is 0 Å². The van der Waals surface area contributed by atoms with Crippen LogP contribution in [0.3, 0.4) is 0 Å². The number of unbranched alkanes of at least 4 members (excludes halogenated alkanes) is 3. The van der Waals surface area contributed by atoms with Gasteiger partial charge in [-0.2, -0.15) is 9.36 Å². The summed E-state index contributed by atoms with van der Waals surface area (Å²) in [5.74, 6) is 0.362. The molecule has 0 saturated heterocycles. The molecule has 0 bridgehead atoms. The predicted molar refractivity (Wildman–Crippen MR) is 66.2 cm³/mol. The monoisotopic (exact) mass is 228 g/mol. The molecule has 0 fully saturated rings. The summed E-state index contributed by atoms with van der Waals surface area (Å²) in [5, 5.41) is 4.13. The van der Waals surface area contributed by atoms with Crippen molar-refractivity contribution >= 4 is 22.6 Å². The number of hydrogen-bond acceptors (Lipinski definition) is 5. The van der Waals surface area contributed by atoms with Crippen molar-refractivity contribution in [1.29, 1.82) is 0 Å². The van der Waals surface area contributed by atoms with Gasteiger partial charge < -0.3 is 11.1 Å².